The summed E-state index contributed by atoms with van der Waals surface area (Å²) < 4.78 is 15.8. The van der Waals surface area contributed by atoms with Crippen molar-refractivity contribution in [3.05, 3.63) is 51.0 Å². The number of aromatic nitrogens is 2. The zero-order valence-corrected chi connectivity index (χ0v) is 12.8. The van der Waals surface area contributed by atoms with Crippen molar-refractivity contribution >= 4 is 17.0 Å². The van der Waals surface area contributed by atoms with Crippen molar-refractivity contribution in [3.8, 4) is 23.0 Å². The Balaban J connectivity index is 1.75. The van der Waals surface area contributed by atoms with Crippen LogP contribution in [0, 0.1) is 10.1 Å². The van der Waals surface area contributed by atoms with E-state index in [1.807, 2.05) is 16.8 Å². The molecule has 0 amide bonds. The van der Waals surface area contributed by atoms with Crippen LogP contribution in [-0.4, -0.2) is 22.2 Å². The zero-order chi connectivity index (χ0) is 16.2. The van der Waals surface area contributed by atoms with Crippen LogP contribution in [0.3, 0.4) is 0 Å². The fourth-order valence-corrected chi connectivity index (χ4v) is 2.48. The highest BCUT2D eigenvalue weighted by Crippen LogP contribution is 2.31. The summed E-state index contributed by atoms with van der Waals surface area (Å²) in [5.74, 6) is 1.36. The van der Waals surface area contributed by atoms with Crippen molar-refractivity contribution in [3.63, 3.8) is 0 Å². The van der Waals surface area contributed by atoms with Crippen molar-refractivity contribution in [1.82, 2.24) is 10.1 Å². The molecule has 0 unspecified atom stereocenters. The highest BCUT2D eigenvalue weighted by Gasteiger charge is 2.14. The summed E-state index contributed by atoms with van der Waals surface area (Å²) >= 11 is 1.52. The van der Waals surface area contributed by atoms with Gasteiger partial charge in [-0.25, -0.2) is 0 Å². The van der Waals surface area contributed by atoms with Gasteiger partial charge in [-0.2, -0.15) is 16.3 Å². The van der Waals surface area contributed by atoms with E-state index in [2.05, 4.69) is 10.1 Å². The maximum Gasteiger partial charge on any atom is 0.273 e. The topological polar surface area (TPSA) is 101 Å². The fourth-order valence-electron chi connectivity index (χ4n) is 1.85. The number of ether oxygens (including phenoxy) is 2. The number of nitrogens with zero attached hydrogens (tertiary/aromatic N) is 3. The lowest BCUT2D eigenvalue weighted by molar-refractivity contribution is -0.385. The van der Waals surface area contributed by atoms with Gasteiger partial charge in [0.05, 0.1) is 23.7 Å². The molecule has 2 heterocycles. The minimum absolute atomic E-state index is 0.00512. The van der Waals surface area contributed by atoms with E-state index in [4.69, 9.17) is 14.0 Å². The third-order valence-electron chi connectivity index (χ3n) is 2.95. The van der Waals surface area contributed by atoms with Gasteiger partial charge in [0.1, 0.15) is 0 Å². The van der Waals surface area contributed by atoms with Crippen molar-refractivity contribution in [2.24, 2.45) is 0 Å². The van der Waals surface area contributed by atoms with Gasteiger partial charge in [0.25, 0.3) is 11.6 Å². The normalized spacial score (nSPS) is 10.5. The largest absolute Gasteiger partial charge is 0.493 e. The number of non-ortho nitro benzene ring substituents is 1. The van der Waals surface area contributed by atoms with Crippen LogP contribution < -0.4 is 9.47 Å². The van der Waals surface area contributed by atoms with E-state index in [1.54, 1.807) is 0 Å². The number of nitro benzene ring substituents is 1. The third-order valence-corrected chi connectivity index (χ3v) is 3.63. The third kappa shape index (κ3) is 3.29. The molecule has 0 spiro atoms. The first-order chi connectivity index (χ1) is 11.2. The quantitative estimate of drug-likeness (QED) is 0.504. The van der Waals surface area contributed by atoms with Crippen molar-refractivity contribution in [2.45, 2.75) is 6.61 Å². The molecule has 0 saturated heterocycles. The van der Waals surface area contributed by atoms with E-state index in [9.17, 15) is 10.1 Å². The van der Waals surface area contributed by atoms with Crippen molar-refractivity contribution in [1.29, 1.82) is 0 Å². The van der Waals surface area contributed by atoms with Gasteiger partial charge in [0.2, 0.25) is 5.82 Å². The molecule has 0 radical (unpaired) electrons. The predicted octanol–water partition coefficient (Wildman–Crippen LogP) is 3.29. The number of benzene rings is 1. The molecule has 3 rings (SSSR count). The standard InChI is InChI=1S/C14H11N3O5S/c1-20-11-3-2-10(17(18)19)6-12(11)21-7-13-15-14(22-16-13)9-4-5-23-8-9/h2-6,8H,7H2,1H3. The summed E-state index contributed by atoms with van der Waals surface area (Å²) in [4.78, 5) is 14.5. The molecule has 0 aliphatic heterocycles. The molecule has 0 aliphatic carbocycles. The molecule has 0 aliphatic rings. The maximum atomic E-state index is 10.8. The Bertz CT molecular complexity index is 816. The van der Waals surface area contributed by atoms with E-state index < -0.39 is 4.92 Å². The summed E-state index contributed by atoms with van der Waals surface area (Å²) in [6, 6.07) is 5.97. The highest BCUT2D eigenvalue weighted by molar-refractivity contribution is 7.08. The maximum absolute atomic E-state index is 10.8. The lowest BCUT2D eigenvalue weighted by atomic mass is 10.3. The molecule has 1 aromatic carbocycles. The van der Waals surface area contributed by atoms with Gasteiger partial charge in [0.15, 0.2) is 18.1 Å². The Kier molecular flexibility index (Phi) is 4.20. The molecule has 0 fully saturated rings. The van der Waals surface area contributed by atoms with Gasteiger partial charge in [-0.05, 0) is 17.5 Å². The zero-order valence-electron chi connectivity index (χ0n) is 12.0. The molecule has 23 heavy (non-hydrogen) atoms. The van der Waals surface area contributed by atoms with Gasteiger partial charge in [0, 0.05) is 11.4 Å². The van der Waals surface area contributed by atoms with Gasteiger partial charge in [-0.3, -0.25) is 10.1 Å². The van der Waals surface area contributed by atoms with Crippen LogP contribution >= 0.6 is 11.3 Å². The predicted molar refractivity (Wildman–Crippen MR) is 81.6 cm³/mol. The molecule has 9 heteroatoms. The van der Waals surface area contributed by atoms with E-state index >= 15 is 0 Å². The molecule has 0 atom stereocenters. The van der Waals surface area contributed by atoms with E-state index in [-0.39, 0.29) is 18.0 Å². The lowest BCUT2D eigenvalue weighted by Crippen LogP contribution is -2.00. The Morgan fingerprint density at radius 1 is 1.35 bits per heavy atom. The summed E-state index contributed by atoms with van der Waals surface area (Å²) in [6.07, 6.45) is 0. The van der Waals surface area contributed by atoms with E-state index in [0.717, 1.165) is 5.56 Å². The number of thiophene rings is 1. The SMILES string of the molecule is COc1ccc([N+](=O)[O-])cc1OCc1noc(-c2ccsc2)n1. The second-order valence-electron chi connectivity index (χ2n) is 4.41. The molecule has 0 N–H and O–H groups in total. The molecule has 0 saturated carbocycles. The molecule has 8 nitrogen and oxygen atoms in total. The molecule has 2 aromatic heterocycles. The molecular weight excluding hydrogens is 322 g/mol. The number of methoxy groups -OCH3 is 1. The monoisotopic (exact) mass is 333 g/mol. The van der Waals surface area contributed by atoms with Crippen LogP contribution in [0.2, 0.25) is 0 Å². The summed E-state index contributed by atoms with van der Waals surface area (Å²) in [7, 11) is 1.46. The van der Waals surface area contributed by atoms with Crippen LogP contribution in [0.25, 0.3) is 11.5 Å². The molecular formula is C14H11N3O5S. The Morgan fingerprint density at radius 3 is 2.91 bits per heavy atom. The van der Waals surface area contributed by atoms with Crippen molar-refractivity contribution in [2.75, 3.05) is 7.11 Å². The van der Waals surface area contributed by atoms with Crippen LogP contribution in [0.1, 0.15) is 5.82 Å². The lowest BCUT2D eigenvalue weighted by Gasteiger charge is -2.08. The van der Waals surface area contributed by atoms with Gasteiger partial charge < -0.3 is 14.0 Å². The fraction of sp³-hybridized carbons (Fsp3) is 0.143. The smallest absolute Gasteiger partial charge is 0.273 e. The van der Waals surface area contributed by atoms with Gasteiger partial charge >= 0.3 is 0 Å². The number of rotatable bonds is 6. The molecule has 3 aromatic rings. The van der Waals surface area contributed by atoms with E-state index in [1.165, 1.54) is 36.6 Å². The van der Waals surface area contributed by atoms with Crippen LogP contribution in [0.4, 0.5) is 5.69 Å². The van der Waals surface area contributed by atoms with Gasteiger partial charge in [-0.15, -0.1) is 0 Å². The first-order valence-corrected chi connectivity index (χ1v) is 7.42. The number of hydrogen-bond donors (Lipinski definition) is 0. The van der Waals surface area contributed by atoms with Crippen molar-refractivity contribution < 1.29 is 18.9 Å². The average Bonchev–Trinajstić information content (AvgIpc) is 3.23. The average molecular weight is 333 g/mol. The first kappa shape index (κ1) is 15.0. The minimum atomic E-state index is -0.505. The second kappa shape index (κ2) is 6.44. The minimum Gasteiger partial charge on any atom is -0.493 e. The Hall–Kier alpha value is -2.94. The Labute approximate surface area is 134 Å². The first-order valence-electron chi connectivity index (χ1n) is 6.48. The molecule has 0 bridgehead atoms. The Morgan fingerprint density at radius 2 is 2.22 bits per heavy atom. The molecule has 118 valence electrons. The summed E-state index contributed by atoms with van der Waals surface area (Å²) in [5, 5.41) is 18.4. The van der Waals surface area contributed by atoms with Crippen LogP contribution in [0.15, 0.2) is 39.5 Å². The van der Waals surface area contributed by atoms with Gasteiger partial charge in [-0.1, -0.05) is 5.16 Å². The number of hydrogen-bond acceptors (Lipinski definition) is 8. The van der Waals surface area contributed by atoms with Crippen LogP contribution in [-0.2, 0) is 6.61 Å². The highest BCUT2D eigenvalue weighted by atomic mass is 32.1. The summed E-state index contributed by atoms with van der Waals surface area (Å²) in [6.45, 7) is 0.00512. The second-order valence-corrected chi connectivity index (χ2v) is 5.19. The number of nitro groups is 1. The van der Waals surface area contributed by atoms with Crippen LogP contribution in [0.5, 0.6) is 11.5 Å². The van der Waals surface area contributed by atoms with E-state index in [0.29, 0.717) is 17.5 Å². The summed E-state index contributed by atoms with van der Waals surface area (Å²) in [5.41, 5.74) is 0.745.